The van der Waals surface area contributed by atoms with Gasteiger partial charge in [-0.3, -0.25) is 9.59 Å². The standard InChI is InChI=1S/C22H28N2O4/c1-17(24-18(2)25)22(26)23-14-6-7-15-27-20-10-12-21(13-11-20)28-16-19-8-4-3-5-9-19/h3-5,8-13,17H,6-7,14-16H2,1-2H3,(H,23,26)(H,24,25). The number of unbranched alkanes of at least 4 members (excludes halogenated alkanes) is 1. The predicted molar refractivity (Wildman–Crippen MR) is 108 cm³/mol. The fourth-order valence-corrected chi connectivity index (χ4v) is 2.53. The molecule has 0 aliphatic carbocycles. The molecule has 2 rings (SSSR count). The summed E-state index contributed by atoms with van der Waals surface area (Å²) in [6.45, 7) is 4.71. The van der Waals surface area contributed by atoms with Crippen LogP contribution >= 0.6 is 0 Å². The highest BCUT2D eigenvalue weighted by Crippen LogP contribution is 2.19. The van der Waals surface area contributed by atoms with Crippen molar-refractivity contribution in [3.05, 3.63) is 60.2 Å². The van der Waals surface area contributed by atoms with E-state index >= 15 is 0 Å². The molecule has 0 aliphatic rings. The topological polar surface area (TPSA) is 76.7 Å². The molecule has 6 nitrogen and oxygen atoms in total. The van der Waals surface area contributed by atoms with Crippen LogP contribution in [0.5, 0.6) is 11.5 Å². The minimum atomic E-state index is -0.517. The molecule has 1 atom stereocenters. The molecule has 28 heavy (non-hydrogen) atoms. The van der Waals surface area contributed by atoms with Gasteiger partial charge < -0.3 is 20.1 Å². The number of carbonyl (C=O) groups is 2. The Labute approximate surface area is 166 Å². The van der Waals surface area contributed by atoms with Crippen LogP contribution in [-0.2, 0) is 16.2 Å². The molecular weight excluding hydrogens is 356 g/mol. The number of hydrogen-bond acceptors (Lipinski definition) is 4. The summed E-state index contributed by atoms with van der Waals surface area (Å²) in [5.41, 5.74) is 1.13. The largest absolute Gasteiger partial charge is 0.494 e. The first-order valence-electron chi connectivity index (χ1n) is 9.49. The smallest absolute Gasteiger partial charge is 0.242 e. The van der Waals surface area contributed by atoms with Gasteiger partial charge in [0.2, 0.25) is 11.8 Å². The van der Waals surface area contributed by atoms with E-state index < -0.39 is 6.04 Å². The Morgan fingerprint density at radius 1 is 0.929 bits per heavy atom. The zero-order chi connectivity index (χ0) is 20.2. The van der Waals surface area contributed by atoms with Gasteiger partial charge in [-0.25, -0.2) is 0 Å². The maximum absolute atomic E-state index is 11.7. The van der Waals surface area contributed by atoms with E-state index in [0.717, 1.165) is 29.9 Å². The number of amides is 2. The average Bonchev–Trinajstić information content (AvgIpc) is 2.70. The van der Waals surface area contributed by atoms with Crippen LogP contribution < -0.4 is 20.1 Å². The zero-order valence-corrected chi connectivity index (χ0v) is 16.4. The average molecular weight is 384 g/mol. The molecule has 0 saturated carbocycles. The van der Waals surface area contributed by atoms with Crippen LogP contribution in [0.4, 0.5) is 0 Å². The van der Waals surface area contributed by atoms with Gasteiger partial charge in [0.15, 0.2) is 0 Å². The molecule has 0 radical (unpaired) electrons. The summed E-state index contributed by atoms with van der Waals surface area (Å²) in [5.74, 6) is 1.19. The van der Waals surface area contributed by atoms with Crippen LogP contribution in [0.15, 0.2) is 54.6 Å². The molecule has 6 heteroatoms. The maximum atomic E-state index is 11.7. The van der Waals surface area contributed by atoms with E-state index in [-0.39, 0.29) is 11.8 Å². The highest BCUT2D eigenvalue weighted by atomic mass is 16.5. The van der Waals surface area contributed by atoms with Gasteiger partial charge in [-0.15, -0.1) is 0 Å². The van der Waals surface area contributed by atoms with Crippen molar-refractivity contribution in [1.82, 2.24) is 10.6 Å². The number of carbonyl (C=O) groups excluding carboxylic acids is 2. The maximum Gasteiger partial charge on any atom is 0.242 e. The summed E-state index contributed by atoms with van der Waals surface area (Å²) in [6, 6.07) is 17.1. The lowest BCUT2D eigenvalue weighted by Gasteiger charge is -2.13. The van der Waals surface area contributed by atoms with E-state index in [0.29, 0.717) is 19.8 Å². The summed E-state index contributed by atoms with van der Waals surface area (Å²) in [4.78, 5) is 22.7. The van der Waals surface area contributed by atoms with E-state index in [1.807, 2.05) is 54.6 Å². The molecule has 0 heterocycles. The van der Waals surface area contributed by atoms with Crippen molar-refractivity contribution >= 4 is 11.8 Å². The molecule has 0 spiro atoms. The molecule has 2 aromatic rings. The van der Waals surface area contributed by atoms with E-state index in [4.69, 9.17) is 9.47 Å². The van der Waals surface area contributed by atoms with Crippen molar-refractivity contribution in [2.45, 2.75) is 39.3 Å². The molecule has 1 unspecified atom stereocenters. The molecule has 150 valence electrons. The number of benzene rings is 2. The van der Waals surface area contributed by atoms with Crippen molar-refractivity contribution in [3.8, 4) is 11.5 Å². The Hall–Kier alpha value is -3.02. The van der Waals surface area contributed by atoms with E-state index in [9.17, 15) is 9.59 Å². The quantitative estimate of drug-likeness (QED) is 0.584. The van der Waals surface area contributed by atoms with Gasteiger partial charge in [-0.05, 0) is 49.6 Å². The molecule has 2 aromatic carbocycles. The minimum Gasteiger partial charge on any atom is -0.494 e. The van der Waals surface area contributed by atoms with Crippen molar-refractivity contribution < 1.29 is 19.1 Å². The Balaban J connectivity index is 1.58. The lowest BCUT2D eigenvalue weighted by Crippen LogP contribution is -2.44. The van der Waals surface area contributed by atoms with Crippen LogP contribution in [-0.4, -0.2) is 31.0 Å². The molecule has 0 saturated heterocycles. The molecule has 0 aromatic heterocycles. The lowest BCUT2D eigenvalue weighted by atomic mass is 10.2. The predicted octanol–water partition coefficient (Wildman–Crippen LogP) is 3.07. The third-order valence-corrected chi connectivity index (χ3v) is 4.02. The molecule has 0 aliphatic heterocycles. The number of nitrogens with one attached hydrogen (secondary N) is 2. The second-order valence-electron chi connectivity index (χ2n) is 6.51. The summed E-state index contributed by atoms with van der Waals surface area (Å²) >= 11 is 0. The van der Waals surface area contributed by atoms with Crippen LogP contribution in [0.1, 0.15) is 32.3 Å². The van der Waals surface area contributed by atoms with Crippen LogP contribution in [0, 0.1) is 0 Å². The third-order valence-electron chi connectivity index (χ3n) is 4.02. The first-order chi connectivity index (χ1) is 13.5. The monoisotopic (exact) mass is 384 g/mol. The second kappa shape index (κ2) is 11.6. The van der Waals surface area contributed by atoms with Crippen molar-refractivity contribution in [2.24, 2.45) is 0 Å². The third kappa shape index (κ3) is 8.12. The SMILES string of the molecule is CC(=O)NC(C)C(=O)NCCCCOc1ccc(OCc2ccccc2)cc1. The summed E-state index contributed by atoms with van der Waals surface area (Å²) in [5, 5.41) is 5.35. The minimum absolute atomic E-state index is 0.179. The van der Waals surface area contributed by atoms with E-state index in [1.54, 1.807) is 6.92 Å². The molecule has 2 amide bonds. The summed E-state index contributed by atoms with van der Waals surface area (Å²) in [6.07, 6.45) is 1.62. The zero-order valence-electron chi connectivity index (χ0n) is 16.4. The van der Waals surface area contributed by atoms with E-state index in [1.165, 1.54) is 6.92 Å². The summed E-state index contributed by atoms with van der Waals surface area (Å²) < 4.78 is 11.5. The van der Waals surface area contributed by atoms with E-state index in [2.05, 4.69) is 10.6 Å². The Kier molecular flexibility index (Phi) is 8.85. The number of hydrogen-bond donors (Lipinski definition) is 2. The molecule has 0 bridgehead atoms. The van der Waals surface area contributed by atoms with Gasteiger partial charge in [-0.2, -0.15) is 0 Å². The Morgan fingerprint density at radius 3 is 2.21 bits per heavy atom. The highest BCUT2D eigenvalue weighted by molar-refractivity contribution is 5.86. The van der Waals surface area contributed by atoms with Crippen molar-refractivity contribution in [3.63, 3.8) is 0 Å². The second-order valence-corrected chi connectivity index (χ2v) is 6.51. The molecule has 2 N–H and O–H groups in total. The van der Waals surface area contributed by atoms with Crippen molar-refractivity contribution in [2.75, 3.05) is 13.2 Å². The van der Waals surface area contributed by atoms with Crippen LogP contribution in [0.25, 0.3) is 0 Å². The van der Waals surface area contributed by atoms with Gasteiger partial charge in [0, 0.05) is 13.5 Å². The van der Waals surface area contributed by atoms with Crippen LogP contribution in [0.3, 0.4) is 0 Å². The van der Waals surface area contributed by atoms with Crippen molar-refractivity contribution in [1.29, 1.82) is 0 Å². The van der Waals surface area contributed by atoms with Gasteiger partial charge >= 0.3 is 0 Å². The summed E-state index contributed by atoms with van der Waals surface area (Å²) in [7, 11) is 0. The first kappa shape index (κ1) is 21.3. The first-order valence-corrected chi connectivity index (χ1v) is 9.49. The molecular formula is C22H28N2O4. The van der Waals surface area contributed by atoms with Gasteiger partial charge in [-0.1, -0.05) is 30.3 Å². The highest BCUT2D eigenvalue weighted by Gasteiger charge is 2.12. The van der Waals surface area contributed by atoms with Crippen LogP contribution in [0.2, 0.25) is 0 Å². The Bertz CT molecular complexity index is 732. The molecule has 0 fully saturated rings. The normalized spacial score (nSPS) is 11.4. The number of ether oxygens (including phenoxy) is 2. The Morgan fingerprint density at radius 2 is 1.57 bits per heavy atom. The van der Waals surface area contributed by atoms with Gasteiger partial charge in [0.1, 0.15) is 24.1 Å². The lowest BCUT2D eigenvalue weighted by molar-refractivity contribution is -0.127. The number of rotatable bonds is 11. The van der Waals surface area contributed by atoms with Gasteiger partial charge in [0.25, 0.3) is 0 Å². The van der Waals surface area contributed by atoms with Gasteiger partial charge in [0.05, 0.1) is 6.61 Å². The fourth-order valence-electron chi connectivity index (χ4n) is 2.53. The fraction of sp³-hybridized carbons (Fsp3) is 0.364.